The largest absolute Gasteiger partial charge is 0.350 e. The van der Waals surface area contributed by atoms with Crippen LogP contribution in [0.25, 0.3) is 0 Å². The number of pyridine rings is 1. The van der Waals surface area contributed by atoms with E-state index in [1.807, 2.05) is 0 Å². The number of H-pyrrole nitrogens is 1. The van der Waals surface area contributed by atoms with Crippen molar-refractivity contribution in [1.29, 1.82) is 0 Å². The number of hydrogen-bond donors (Lipinski definition) is 2. The number of amides is 1. The maximum absolute atomic E-state index is 11.9. The van der Waals surface area contributed by atoms with Crippen molar-refractivity contribution < 1.29 is 4.79 Å². The second-order valence-corrected chi connectivity index (χ2v) is 5.57. The van der Waals surface area contributed by atoms with E-state index in [-0.39, 0.29) is 11.5 Å². The van der Waals surface area contributed by atoms with E-state index in [1.165, 1.54) is 31.7 Å². The number of nitrogens with one attached hydrogen (secondary N) is 2. The van der Waals surface area contributed by atoms with Crippen LogP contribution in [0.4, 0.5) is 0 Å². The average Bonchev–Trinajstić information content (AvgIpc) is 2.98. The van der Waals surface area contributed by atoms with Gasteiger partial charge in [0.1, 0.15) is 5.69 Å². The number of carbonyl (C=O) groups excluding carboxylic acids is 1. The minimum Gasteiger partial charge on any atom is -0.350 e. The Balaban J connectivity index is 1.57. The van der Waals surface area contributed by atoms with Gasteiger partial charge in [0.25, 0.3) is 5.91 Å². The maximum atomic E-state index is 11.9. The van der Waals surface area contributed by atoms with Crippen LogP contribution in [0.2, 0.25) is 0 Å². The smallest absolute Gasteiger partial charge is 0.267 e. The van der Waals surface area contributed by atoms with Crippen LogP contribution in [-0.2, 0) is 0 Å². The van der Waals surface area contributed by atoms with Crippen molar-refractivity contribution in [1.82, 2.24) is 10.3 Å². The molecule has 0 radical (unpaired) electrons. The normalized spacial score (nSPS) is 29.4. The molecule has 3 unspecified atom stereocenters. The molecule has 4 heteroatoms. The van der Waals surface area contributed by atoms with Gasteiger partial charge in [0.15, 0.2) is 0 Å². The van der Waals surface area contributed by atoms with Crippen LogP contribution in [0.5, 0.6) is 0 Å². The van der Waals surface area contributed by atoms with E-state index in [0.717, 1.165) is 18.4 Å². The lowest BCUT2D eigenvalue weighted by atomic mass is 9.89. The van der Waals surface area contributed by atoms with E-state index in [9.17, 15) is 9.59 Å². The third kappa shape index (κ3) is 2.19. The third-order valence-corrected chi connectivity index (χ3v) is 4.42. The van der Waals surface area contributed by atoms with Crippen molar-refractivity contribution >= 4 is 5.91 Å². The average molecular weight is 246 g/mol. The van der Waals surface area contributed by atoms with Crippen LogP contribution < -0.4 is 10.9 Å². The van der Waals surface area contributed by atoms with Gasteiger partial charge in [-0.1, -0.05) is 12.5 Å². The number of aromatic amines is 1. The summed E-state index contributed by atoms with van der Waals surface area (Å²) in [7, 11) is 0. The molecule has 2 aliphatic carbocycles. The second kappa shape index (κ2) is 4.59. The molecule has 1 aromatic rings. The van der Waals surface area contributed by atoms with Gasteiger partial charge in [0.2, 0.25) is 5.56 Å². The minimum absolute atomic E-state index is 0.171. The minimum atomic E-state index is -0.234. The first-order valence-corrected chi connectivity index (χ1v) is 6.70. The van der Waals surface area contributed by atoms with Gasteiger partial charge in [-0.2, -0.15) is 0 Å². The molecule has 3 rings (SSSR count). The highest BCUT2D eigenvalue weighted by atomic mass is 16.2. The fourth-order valence-corrected chi connectivity index (χ4v) is 3.53. The van der Waals surface area contributed by atoms with Crippen LogP contribution in [-0.4, -0.2) is 17.4 Å². The predicted molar refractivity (Wildman–Crippen MR) is 68.3 cm³/mol. The summed E-state index contributed by atoms with van der Waals surface area (Å²) in [4.78, 5) is 25.6. The number of aromatic nitrogens is 1. The molecule has 0 spiro atoms. The fraction of sp³-hybridized carbons (Fsp3) is 0.571. The zero-order valence-corrected chi connectivity index (χ0v) is 10.3. The fourth-order valence-electron chi connectivity index (χ4n) is 3.53. The molecule has 0 aromatic carbocycles. The third-order valence-electron chi connectivity index (χ3n) is 4.42. The Bertz CT molecular complexity index is 509. The highest BCUT2D eigenvalue weighted by molar-refractivity contribution is 5.92. The molecular weight excluding hydrogens is 228 g/mol. The predicted octanol–water partition coefficient (Wildman–Crippen LogP) is 1.54. The van der Waals surface area contributed by atoms with Crippen LogP contribution in [0, 0.1) is 17.8 Å². The summed E-state index contributed by atoms with van der Waals surface area (Å²) in [6, 6.07) is 4.65. The van der Waals surface area contributed by atoms with Crippen LogP contribution in [0.15, 0.2) is 23.0 Å². The Kier molecular flexibility index (Phi) is 2.94. The van der Waals surface area contributed by atoms with Crippen LogP contribution >= 0.6 is 0 Å². The molecule has 2 fully saturated rings. The molecule has 2 N–H and O–H groups in total. The molecule has 1 aromatic heterocycles. The standard InChI is InChI=1S/C14H18N2O2/c17-13-3-1-2-12(16-13)14(18)15-8-11-7-9-4-5-10(11)6-9/h1-3,9-11H,4-8H2,(H,15,18)(H,16,17). The first-order chi connectivity index (χ1) is 8.72. The monoisotopic (exact) mass is 246 g/mol. The second-order valence-electron chi connectivity index (χ2n) is 5.57. The lowest BCUT2D eigenvalue weighted by Gasteiger charge is -2.21. The van der Waals surface area contributed by atoms with E-state index in [0.29, 0.717) is 11.6 Å². The molecular formula is C14H18N2O2. The van der Waals surface area contributed by atoms with Gasteiger partial charge in [-0.3, -0.25) is 9.59 Å². The maximum Gasteiger partial charge on any atom is 0.267 e. The molecule has 4 nitrogen and oxygen atoms in total. The Labute approximate surface area is 106 Å². The summed E-state index contributed by atoms with van der Waals surface area (Å²) in [6.07, 6.45) is 5.31. The van der Waals surface area contributed by atoms with E-state index in [1.54, 1.807) is 12.1 Å². The molecule has 0 saturated heterocycles. The van der Waals surface area contributed by atoms with Crippen molar-refractivity contribution in [3.63, 3.8) is 0 Å². The highest BCUT2D eigenvalue weighted by Gasteiger charge is 2.39. The van der Waals surface area contributed by atoms with Crippen molar-refractivity contribution in [2.24, 2.45) is 17.8 Å². The van der Waals surface area contributed by atoms with Gasteiger partial charge in [0, 0.05) is 12.6 Å². The summed E-state index contributed by atoms with van der Waals surface area (Å²) in [6.45, 7) is 0.747. The lowest BCUT2D eigenvalue weighted by Crippen LogP contribution is -2.32. The summed E-state index contributed by atoms with van der Waals surface area (Å²) < 4.78 is 0. The first kappa shape index (κ1) is 11.5. The van der Waals surface area contributed by atoms with Gasteiger partial charge in [-0.15, -0.1) is 0 Å². The molecule has 18 heavy (non-hydrogen) atoms. The SMILES string of the molecule is O=C(NCC1CC2CCC1C2)c1cccc(=O)[nH]1. The van der Waals surface area contributed by atoms with Gasteiger partial charge >= 0.3 is 0 Å². The molecule has 2 saturated carbocycles. The van der Waals surface area contributed by atoms with E-state index in [2.05, 4.69) is 10.3 Å². The van der Waals surface area contributed by atoms with E-state index in [4.69, 9.17) is 0 Å². The molecule has 2 aliphatic rings. The first-order valence-electron chi connectivity index (χ1n) is 6.70. The molecule has 2 bridgehead atoms. The number of fused-ring (bicyclic) bond motifs is 2. The Morgan fingerprint density at radius 3 is 2.89 bits per heavy atom. The van der Waals surface area contributed by atoms with Gasteiger partial charge in [-0.05, 0) is 43.1 Å². The number of rotatable bonds is 3. The summed E-state index contributed by atoms with van der Waals surface area (Å²) in [5.41, 5.74) is 0.119. The lowest BCUT2D eigenvalue weighted by molar-refractivity contribution is 0.0936. The summed E-state index contributed by atoms with van der Waals surface area (Å²) in [5.74, 6) is 2.18. The molecule has 3 atom stereocenters. The highest BCUT2D eigenvalue weighted by Crippen LogP contribution is 2.47. The molecule has 96 valence electrons. The number of carbonyl (C=O) groups is 1. The quantitative estimate of drug-likeness (QED) is 0.849. The van der Waals surface area contributed by atoms with Gasteiger partial charge < -0.3 is 10.3 Å². The van der Waals surface area contributed by atoms with Gasteiger partial charge in [-0.25, -0.2) is 0 Å². The summed E-state index contributed by atoms with van der Waals surface area (Å²) in [5, 5.41) is 2.94. The summed E-state index contributed by atoms with van der Waals surface area (Å²) >= 11 is 0. The van der Waals surface area contributed by atoms with Crippen molar-refractivity contribution in [2.45, 2.75) is 25.7 Å². The molecule has 1 heterocycles. The Hall–Kier alpha value is -1.58. The topological polar surface area (TPSA) is 62.0 Å². The molecule has 0 aliphatic heterocycles. The number of hydrogen-bond acceptors (Lipinski definition) is 2. The van der Waals surface area contributed by atoms with Crippen LogP contribution in [0.3, 0.4) is 0 Å². The van der Waals surface area contributed by atoms with Crippen LogP contribution in [0.1, 0.15) is 36.2 Å². The van der Waals surface area contributed by atoms with E-state index >= 15 is 0 Å². The zero-order valence-electron chi connectivity index (χ0n) is 10.3. The molecule has 1 amide bonds. The van der Waals surface area contributed by atoms with Crippen molar-refractivity contribution in [2.75, 3.05) is 6.54 Å². The zero-order chi connectivity index (χ0) is 12.5. The Morgan fingerprint density at radius 2 is 2.22 bits per heavy atom. The van der Waals surface area contributed by atoms with Crippen molar-refractivity contribution in [3.8, 4) is 0 Å². The van der Waals surface area contributed by atoms with Gasteiger partial charge in [0.05, 0.1) is 0 Å². The van der Waals surface area contributed by atoms with Crippen molar-refractivity contribution in [3.05, 3.63) is 34.2 Å². The van der Waals surface area contributed by atoms with E-state index < -0.39 is 0 Å². The Morgan fingerprint density at radius 1 is 1.33 bits per heavy atom.